The highest BCUT2D eigenvalue weighted by atomic mass is 19.2. The smallest absolute Gasteiger partial charge is 0.163 e. The van der Waals surface area contributed by atoms with Gasteiger partial charge in [-0.25, -0.2) is 8.78 Å². The standard InChI is InChI=1S/C13H18F2N2O/c1-16-7-11-9-18-6-5-17(11)8-10-3-2-4-12(14)13(10)15/h2-4,11,16H,5-9H2,1H3. The zero-order valence-electron chi connectivity index (χ0n) is 10.5. The molecule has 1 atom stereocenters. The van der Waals surface area contributed by atoms with E-state index in [1.54, 1.807) is 12.1 Å². The summed E-state index contributed by atoms with van der Waals surface area (Å²) in [6.07, 6.45) is 0. The molecule has 2 rings (SSSR count). The lowest BCUT2D eigenvalue weighted by Crippen LogP contribution is -2.49. The Morgan fingerprint density at radius 1 is 1.44 bits per heavy atom. The first-order chi connectivity index (χ1) is 8.72. The van der Waals surface area contributed by atoms with Crippen LogP contribution in [0, 0.1) is 11.6 Å². The highest BCUT2D eigenvalue weighted by Crippen LogP contribution is 2.16. The van der Waals surface area contributed by atoms with Crippen LogP contribution >= 0.6 is 0 Å². The summed E-state index contributed by atoms with van der Waals surface area (Å²) in [6.45, 7) is 3.19. The zero-order chi connectivity index (χ0) is 13.0. The van der Waals surface area contributed by atoms with Crippen molar-refractivity contribution < 1.29 is 13.5 Å². The van der Waals surface area contributed by atoms with Crippen LogP contribution in [0.5, 0.6) is 0 Å². The molecule has 0 saturated carbocycles. The molecule has 3 nitrogen and oxygen atoms in total. The van der Waals surface area contributed by atoms with Crippen molar-refractivity contribution in [2.45, 2.75) is 12.6 Å². The number of rotatable bonds is 4. The van der Waals surface area contributed by atoms with E-state index in [-0.39, 0.29) is 6.04 Å². The maximum atomic E-state index is 13.6. The quantitative estimate of drug-likeness (QED) is 0.881. The molecule has 0 spiro atoms. The van der Waals surface area contributed by atoms with E-state index in [0.29, 0.717) is 25.3 Å². The molecule has 5 heteroatoms. The Balaban J connectivity index is 2.08. The number of likely N-dealkylation sites (N-methyl/N-ethyl adjacent to an activating group) is 1. The molecule has 1 saturated heterocycles. The van der Waals surface area contributed by atoms with Crippen molar-refractivity contribution in [1.29, 1.82) is 0 Å². The van der Waals surface area contributed by atoms with Crippen molar-refractivity contribution in [2.24, 2.45) is 0 Å². The molecular weight excluding hydrogens is 238 g/mol. The lowest BCUT2D eigenvalue weighted by Gasteiger charge is -2.35. The highest BCUT2D eigenvalue weighted by molar-refractivity contribution is 5.19. The lowest BCUT2D eigenvalue weighted by atomic mass is 10.1. The fraction of sp³-hybridized carbons (Fsp3) is 0.538. The van der Waals surface area contributed by atoms with Gasteiger partial charge in [-0.15, -0.1) is 0 Å². The van der Waals surface area contributed by atoms with Crippen LogP contribution in [-0.2, 0) is 11.3 Å². The first kappa shape index (κ1) is 13.4. The number of halogens is 2. The van der Waals surface area contributed by atoms with Crippen LogP contribution in [0.4, 0.5) is 8.78 Å². The van der Waals surface area contributed by atoms with Gasteiger partial charge in [0.25, 0.3) is 0 Å². The molecule has 1 aliphatic heterocycles. The molecule has 1 aromatic carbocycles. The largest absolute Gasteiger partial charge is 0.378 e. The van der Waals surface area contributed by atoms with Gasteiger partial charge in [-0.3, -0.25) is 4.90 Å². The molecule has 1 aliphatic rings. The molecule has 0 aromatic heterocycles. The maximum absolute atomic E-state index is 13.6. The van der Waals surface area contributed by atoms with E-state index >= 15 is 0 Å². The van der Waals surface area contributed by atoms with Crippen LogP contribution in [0.2, 0.25) is 0 Å². The van der Waals surface area contributed by atoms with Gasteiger partial charge in [0.05, 0.1) is 13.2 Å². The van der Waals surface area contributed by atoms with Gasteiger partial charge in [0.15, 0.2) is 11.6 Å². The van der Waals surface area contributed by atoms with Crippen LogP contribution < -0.4 is 5.32 Å². The van der Waals surface area contributed by atoms with E-state index in [9.17, 15) is 8.78 Å². The van der Waals surface area contributed by atoms with Crippen molar-refractivity contribution in [3.05, 3.63) is 35.4 Å². The number of morpholine rings is 1. The van der Waals surface area contributed by atoms with Crippen molar-refractivity contribution in [3.8, 4) is 0 Å². The van der Waals surface area contributed by atoms with Gasteiger partial charge >= 0.3 is 0 Å². The van der Waals surface area contributed by atoms with E-state index < -0.39 is 11.6 Å². The van der Waals surface area contributed by atoms with E-state index in [2.05, 4.69) is 10.2 Å². The third-order valence-corrected chi connectivity index (χ3v) is 3.19. The van der Waals surface area contributed by atoms with E-state index in [1.165, 1.54) is 0 Å². The average molecular weight is 256 g/mol. The summed E-state index contributed by atoms with van der Waals surface area (Å²) in [6, 6.07) is 4.51. The number of hydrogen-bond acceptors (Lipinski definition) is 3. The number of nitrogens with one attached hydrogen (secondary N) is 1. The summed E-state index contributed by atoms with van der Waals surface area (Å²) < 4.78 is 32.2. The fourth-order valence-corrected chi connectivity index (χ4v) is 2.21. The predicted octanol–water partition coefficient (Wildman–Crippen LogP) is 1.38. The number of nitrogens with zero attached hydrogens (tertiary/aromatic N) is 1. The molecule has 0 bridgehead atoms. The second kappa shape index (κ2) is 6.22. The maximum Gasteiger partial charge on any atom is 0.163 e. The first-order valence-corrected chi connectivity index (χ1v) is 6.11. The number of hydrogen-bond donors (Lipinski definition) is 1. The van der Waals surface area contributed by atoms with Crippen LogP contribution in [0.15, 0.2) is 18.2 Å². The van der Waals surface area contributed by atoms with Gasteiger partial charge in [0.2, 0.25) is 0 Å². The summed E-state index contributed by atoms with van der Waals surface area (Å²) in [7, 11) is 1.87. The molecule has 18 heavy (non-hydrogen) atoms. The lowest BCUT2D eigenvalue weighted by molar-refractivity contribution is -0.0108. The monoisotopic (exact) mass is 256 g/mol. The molecular formula is C13H18F2N2O. The van der Waals surface area contributed by atoms with E-state index in [1.807, 2.05) is 7.05 Å². The Bertz CT molecular complexity index is 399. The van der Waals surface area contributed by atoms with E-state index in [4.69, 9.17) is 4.74 Å². The molecule has 0 radical (unpaired) electrons. The summed E-state index contributed by atoms with van der Waals surface area (Å²) in [5.74, 6) is -1.53. The minimum Gasteiger partial charge on any atom is -0.378 e. The Morgan fingerprint density at radius 2 is 2.28 bits per heavy atom. The Morgan fingerprint density at radius 3 is 3.06 bits per heavy atom. The second-order valence-electron chi connectivity index (χ2n) is 4.47. The molecule has 0 aliphatic carbocycles. The normalized spacial score (nSPS) is 21.2. The van der Waals surface area contributed by atoms with Gasteiger partial charge < -0.3 is 10.1 Å². The molecule has 1 N–H and O–H groups in total. The minimum atomic E-state index is -0.786. The van der Waals surface area contributed by atoms with Crippen molar-refractivity contribution in [2.75, 3.05) is 33.4 Å². The van der Waals surface area contributed by atoms with Gasteiger partial charge in [-0.05, 0) is 13.1 Å². The Kier molecular flexibility index (Phi) is 4.63. The second-order valence-corrected chi connectivity index (χ2v) is 4.47. The predicted molar refractivity (Wildman–Crippen MR) is 65.3 cm³/mol. The summed E-state index contributed by atoms with van der Waals surface area (Å²) >= 11 is 0. The molecule has 1 fully saturated rings. The fourth-order valence-electron chi connectivity index (χ4n) is 2.21. The molecule has 1 heterocycles. The molecule has 1 unspecified atom stereocenters. The SMILES string of the molecule is CNCC1COCCN1Cc1cccc(F)c1F. The van der Waals surface area contributed by atoms with Crippen LogP contribution in [0.3, 0.4) is 0 Å². The van der Waals surface area contributed by atoms with Crippen LogP contribution in [0.1, 0.15) is 5.56 Å². The average Bonchev–Trinajstić information content (AvgIpc) is 2.37. The van der Waals surface area contributed by atoms with Crippen LogP contribution in [0.25, 0.3) is 0 Å². The van der Waals surface area contributed by atoms with Gasteiger partial charge in [-0.2, -0.15) is 0 Å². The zero-order valence-corrected chi connectivity index (χ0v) is 10.5. The number of ether oxygens (including phenoxy) is 1. The summed E-state index contributed by atoms with van der Waals surface area (Å²) in [4.78, 5) is 2.12. The third-order valence-electron chi connectivity index (χ3n) is 3.19. The topological polar surface area (TPSA) is 24.5 Å². The summed E-state index contributed by atoms with van der Waals surface area (Å²) in [5, 5.41) is 3.09. The van der Waals surface area contributed by atoms with Gasteiger partial charge in [0.1, 0.15) is 0 Å². The molecule has 0 amide bonds. The van der Waals surface area contributed by atoms with E-state index in [0.717, 1.165) is 19.2 Å². The van der Waals surface area contributed by atoms with Gasteiger partial charge in [-0.1, -0.05) is 12.1 Å². The Labute approximate surface area is 106 Å². The summed E-state index contributed by atoms with van der Waals surface area (Å²) in [5.41, 5.74) is 0.401. The van der Waals surface area contributed by atoms with Gasteiger partial charge in [0, 0.05) is 31.2 Å². The molecule has 100 valence electrons. The third kappa shape index (κ3) is 3.04. The highest BCUT2D eigenvalue weighted by Gasteiger charge is 2.23. The number of benzene rings is 1. The molecule has 1 aromatic rings. The first-order valence-electron chi connectivity index (χ1n) is 6.11. The van der Waals surface area contributed by atoms with Crippen LogP contribution in [-0.4, -0.2) is 44.3 Å². The van der Waals surface area contributed by atoms with Crippen molar-refractivity contribution in [3.63, 3.8) is 0 Å². The van der Waals surface area contributed by atoms with Crippen molar-refractivity contribution in [1.82, 2.24) is 10.2 Å². The Hall–Kier alpha value is -1.04. The minimum absolute atomic E-state index is 0.200. The van der Waals surface area contributed by atoms with Crippen molar-refractivity contribution >= 4 is 0 Å².